The fourth-order valence-electron chi connectivity index (χ4n) is 3.31. The number of nitrogens with two attached hydrogens (primary N) is 1. The summed E-state index contributed by atoms with van der Waals surface area (Å²) in [5, 5.41) is 0. The molecular formula is C14H22N4. The van der Waals surface area contributed by atoms with E-state index in [1.165, 1.54) is 19.3 Å². The molecule has 0 spiro atoms. The SMILES string of the molecule is Cc1ccc(N)c(N2CCC3CCC(C2)N3C)n1. The van der Waals surface area contributed by atoms with Crippen molar-refractivity contribution in [1.29, 1.82) is 0 Å². The Bertz CT molecular complexity index is 445. The van der Waals surface area contributed by atoms with Gasteiger partial charge in [0.1, 0.15) is 0 Å². The molecule has 1 aromatic rings. The van der Waals surface area contributed by atoms with E-state index in [9.17, 15) is 0 Å². The number of pyridine rings is 1. The minimum atomic E-state index is 0.666. The summed E-state index contributed by atoms with van der Waals surface area (Å²) in [6.45, 7) is 4.17. The van der Waals surface area contributed by atoms with Gasteiger partial charge in [0.25, 0.3) is 0 Å². The normalized spacial score (nSPS) is 28.4. The van der Waals surface area contributed by atoms with Crippen LogP contribution in [0.2, 0.25) is 0 Å². The molecule has 2 aliphatic rings. The molecule has 18 heavy (non-hydrogen) atoms. The summed E-state index contributed by atoms with van der Waals surface area (Å²) in [4.78, 5) is 9.55. The number of rotatable bonds is 1. The number of likely N-dealkylation sites (N-methyl/N-ethyl adjacent to an activating group) is 1. The molecule has 0 amide bonds. The predicted octanol–water partition coefficient (Wildman–Crippen LogP) is 1.65. The van der Waals surface area contributed by atoms with Crippen molar-refractivity contribution >= 4 is 11.5 Å². The van der Waals surface area contributed by atoms with Crippen molar-refractivity contribution in [2.75, 3.05) is 30.8 Å². The summed E-state index contributed by atoms with van der Waals surface area (Å²) in [7, 11) is 2.26. The summed E-state index contributed by atoms with van der Waals surface area (Å²) < 4.78 is 0. The first kappa shape index (κ1) is 11.8. The molecule has 0 aliphatic carbocycles. The highest BCUT2D eigenvalue weighted by Gasteiger charge is 2.35. The van der Waals surface area contributed by atoms with E-state index in [2.05, 4.69) is 21.8 Å². The van der Waals surface area contributed by atoms with Crippen LogP contribution in [0.25, 0.3) is 0 Å². The molecule has 2 saturated heterocycles. The van der Waals surface area contributed by atoms with Crippen LogP contribution >= 0.6 is 0 Å². The highest BCUT2D eigenvalue weighted by Crippen LogP contribution is 2.31. The third-order valence-electron chi connectivity index (χ3n) is 4.49. The molecule has 0 radical (unpaired) electrons. The molecule has 2 atom stereocenters. The van der Waals surface area contributed by atoms with Crippen molar-refractivity contribution < 1.29 is 0 Å². The topological polar surface area (TPSA) is 45.4 Å². The van der Waals surface area contributed by atoms with Gasteiger partial charge >= 0.3 is 0 Å². The van der Waals surface area contributed by atoms with Crippen molar-refractivity contribution in [3.63, 3.8) is 0 Å². The van der Waals surface area contributed by atoms with E-state index in [-0.39, 0.29) is 0 Å². The third-order valence-corrected chi connectivity index (χ3v) is 4.49. The van der Waals surface area contributed by atoms with Crippen molar-refractivity contribution in [2.45, 2.75) is 38.3 Å². The van der Waals surface area contributed by atoms with Gasteiger partial charge in [0, 0.05) is 30.9 Å². The number of anilines is 2. The number of aryl methyl sites for hydroxylation is 1. The van der Waals surface area contributed by atoms with Gasteiger partial charge in [-0.25, -0.2) is 4.98 Å². The van der Waals surface area contributed by atoms with E-state index in [1.54, 1.807) is 0 Å². The van der Waals surface area contributed by atoms with E-state index in [4.69, 9.17) is 5.73 Å². The van der Waals surface area contributed by atoms with Crippen molar-refractivity contribution in [2.24, 2.45) is 0 Å². The monoisotopic (exact) mass is 246 g/mol. The second-order valence-corrected chi connectivity index (χ2v) is 5.65. The van der Waals surface area contributed by atoms with Gasteiger partial charge in [-0.15, -0.1) is 0 Å². The Hall–Kier alpha value is -1.29. The number of fused-ring (bicyclic) bond motifs is 2. The zero-order valence-corrected chi connectivity index (χ0v) is 11.3. The van der Waals surface area contributed by atoms with Gasteiger partial charge in [-0.3, -0.25) is 4.90 Å². The lowest BCUT2D eigenvalue weighted by Gasteiger charge is -2.27. The van der Waals surface area contributed by atoms with Crippen LogP contribution < -0.4 is 10.6 Å². The van der Waals surface area contributed by atoms with Crippen LogP contribution in [0.1, 0.15) is 25.0 Å². The maximum atomic E-state index is 6.09. The minimum absolute atomic E-state index is 0.666. The first-order valence-corrected chi connectivity index (χ1v) is 6.85. The fraction of sp³-hybridized carbons (Fsp3) is 0.643. The lowest BCUT2D eigenvalue weighted by atomic mass is 10.1. The largest absolute Gasteiger partial charge is 0.396 e. The molecule has 2 fully saturated rings. The summed E-state index contributed by atoms with van der Waals surface area (Å²) in [5.41, 5.74) is 7.94. The number of nitrogens with zero attached hydrogens (tertiary/aromatic N) is 3. The van der Waals surface area contributed by atoms with Crippen LogP contribution in [0, 0.1) is 6.92 Å². The second kappa shape index (κ2) is 4.43. The highest BCUT2D eigenvalue weighted by atomic mass is 15.3. The zero-order chi connectivity index (χ0) is 12.7. The van der Waals surface area contributed by atoms with Gasteiger partial charge in [0.15, 0.2) is 5.82 Å². The lowest BCUT2D eigenvalue weighted by Crippen LogP contribution is -2.37. The number of aromatic nitrogens is 1. The van der Waals surface area contributed by atoms with Crippen molar-refractivity contribution in [3.8, 4) is 0 Å². The molecule has 4 nitrogen and oxygen atoms in total. The maximum Gasteiger partial charge on any atom is 0.152 e. The van der Waals surface area contributed by atoms with Crippen molar-refractivity contribution in [3.05, 3.63) is 17.8 Å². The molecule has 3 rings (SSSR count). The summed E-state index contributed by atoms with van der Waals surface area (Å²) in [5.74, 6) is 0.982. The molecule has 1 aromatic heterocycles. The van der Waals surface area contributed by atoms with Crippen LogP contribution in [-0.2, 0) is 0 Å². The fourth-order valence-corrected chi connectivity index (χ4v) is 3.31. The van der Waals surface area contributed by atoms with Crippen LogP contribution in [0.4, 0.5) is 11.5 Å². The zero-order valence-electron chi connectivity index (χ0n) is 11.3. The van der Waals surface area contributed by atoms with Gasteiger partial charge < -0.3 is 10.6 Å². The van der Waals surface area contributed by atoms with E-state index >= 15 is 0 Å². The van der Waals surface area contributed by atoms with Crippen LogP contribution in [-0.4, -0.2) is 42.1 Å². The quantitative estimate of drug-likeness (QED) is 0.818. The van der Waals surface area contributed by atoms with E-state index in [0.29, 0.717) is 6.04 Å². The van der Waals surface area contributed by atoms with Gasteiger partial charge in [-0.1, -0.05) is 0 Å². The molecule has 0 saturated carbocycles. The number of hydrogen-bond donors (Lipinski definition) is 1. The third kappa shape index (κ3) is 1.94. The standard InChI is InChI=1S/C14H22N4/c1-10-3-6-13(15)14(16-10)18-8-7-11-4-5-12(9-18)17(11)2/h3,6,11-12H,4-5,7-9,15H2,1-2H3. The Labute approximate surface area is 109 Å². The number of hydrogen-bond acceptors (Lipinski definition) is 4. The van der Waals surface area contributed by atoms with E-state index < -0.39 is 0 Å². The molecule has 2 unspecified atom stereocenters. The molecule has 98 valence electrons. The van der Waals surface area contributed by atoms with E-state index in [1.807, 2.05) is 19.1 Å². The molecular weight excluding hydrogens is 224 g/mol. The Morgan fingerprint density at radius 2 is 2.00 bits per heavy atom. The molecule has 2 N–H and O–H groups in total. The van der Waals surface area contributed by atoms with Crippen LogP contribution in [0.15, 0.2) is 12.1 Å². The van der Waals surface area contributed by atoms with Crippen molar-refractivity contribution in [1.82, 2.24) is 9.88 Å². The molecule has 2 aliphatic heterocycles. The number of nitrogen functional groups attached to an aromatic ring is 1. The Morgan fingerprint density at radius 3 is 2.83 bits per heavy atom. The lowest BCUT2D eigenvalue weighted by molar-refractivity contribution is 0.254. The van der Waals surface area contributed by atoms with Gasteiger partial charge in [-0.05, 0) is 45.4 Å². The first-order valence-electron chi connectivity index (χ1n) is 6.85. The van der Waals surface area contributed by atoms with Crippen LogP contribution in [0.3, 0.4) is 0 Å². The summed E-state index contributed by atoms with van der Waals surface area (Å²) >= 11 is 0. The van der Waals surface area contributed by atoms with Crippen LogP contribution in [0.5, 0.6) is 0 Å². The Kier molecular flexibility index (Phi) is 2.90. The molecule has 2 bridgehead atoms. The average molecular weight is 246 g/mol. The maximum absolute atomic E-state index is 6.09. The summed E-state index contributed by atoms with van der Waals surface area (Å²) in [6.07, 6.45) is 3.89. The van der Waals surface area contributed by atoms with E-state index in [0.717, 1.165) is 36.3 Å². The Balaban J connectivity index is 1.87. The minimum Gasteiger partial charge on any atom is -0.396 e. The smallest absolute Gasteiger partial charge is 0.152 e. The van der Waals surface area contributed by atoms with Gasteiger partial charge in [0.2, 0.25) is 0 Å². The second-order valence-electron chi connectivity index (χ2n) is 5.65. The van der Waals surface area contributed by atoms with Gasteiger partial charge in [-0.2, -0.15) is 0 Å². The molecule has 3 heterocycles. The summed E-state index contributed by atoms with van der Waals surface area (Å²) in [6, 6.07) is 5.38. The molecule has 4 heteroatoms. The van der Waals surface area contributed by atoms with Gasteiger partial charge in [0.05, 0.1) is 5.69 Å². The highest BCUT2D eigenvalue weighted by molar-refractivity contribution is 5.63. The predicted molar refractivity (Wildman–Crippen MR) is 74.8 cm³/mol. The molecule has 0 aromatic carbocycles. The average Bonchev–Trinajstić information content (AvgIpc) is 2.57. The first-order chi connectivity index (χ1) is 8.65. The Morgan fingerprint density at radius 1 is 1.22 bits per heavy atom.